The predicted octanol–water partition coefficient (Wildman–Crippen LogP) is 2.36. The normalized spacial score (nSPS) is 31.2. The summed E-state index contributed by atoms with van der Waals surface area (Å²) >= 11 is 0. The summed E-state index contributed by atoms with van der Waals surface area (Å²) in [4.78, 5) is 0. The predicted molar refractivity (Wildman–Crippen MR) is 87.3 cm³/mol. The average molecular weight is 330 g/mol. The molecule has 136 valence electrons. The van der Waals surface area contributed by atoms with Crippen molar-refractivity contribution < 1.29 is 20.5 Å². The average Bonchev–Trinajstić information content (AvgIpc) is 2.49. The molecule has 0 aromatic rings. The van der Waals surface area contributed by atoms with Crippen LogP contribution in [0, 0.1) is 0 Å². The Balaban J connectivity index is 2.21. The molecule has 1 heterocycles. The van der Waals surface area contributed by atoms with E-state index < -0.39 is 11.5 Å². The third-order valence-corrected chi connectivity index (χ3v) is 5.62. The summed E-state index contributed by atoms with van der Waals surface area (Å²) in [7, 11) is 0. The number of hydrogen-bond donors (Lipinski definition) is 4. The van der Waals surface area contributed by atoms with Gasteiger partial charge in [0.1, 0.15) is 0 Å². The molecule has 23 heavy (non-hydrogen) atoms. The number of hydrazine groups is 1. The molecule has 1 saturated heterocycles. The largest absolute Gasteiger partial charge is 0.368 e. The molecule has 0 spiro atoms. The fourth-order valence-corrected chi connectivity index (χ4v) is 3.94. The highest BCUT2D eigenvalue weighted by Crippen LogP contribution is 2.36. The van der Waals surface area contributed by atoms with E-state index in [1.165, 1.54) is 19.3 Å². The molecule has 1 aliphatic heterocycles. The molecule has 2 fully saturated rings. The van der Waals surface area contributed by atoms with Crippen LogP contribution >= 0.6 is 0 Å². The summed E-state index contributed by atoms with van der Waals surface area (Å²) in [6.07, 6.45) is 10.5. The molecular formula is C17H34N2O4. The maximum atomic E-state index is 10.9. The molecule has 6 nitrogen and oxygen atoms in total. The topological polar surface area (TPSA) is 87.4 Å². The minimum absolute atomic E-state index is 0.0426. The molecule has 1 saturated carbocycles. The van der Waals surface area contributed by atoms with Gasteiger partial charge >= 0.3 is 0 Å². The zero-order valence-electron chi connectivity index (χ0n) is 14.5. The zero-order chi connectivity index (χ0) is 16.9. The van der Waals surface area contributed by atoms with Crippen molar-refractivity contribution in [3.05, 3.63) is 0 Å². The molecule has 6 heteroatoms. The van der Waals surface area contributed by atoms with Gasteiger partial charge in [0.05, 0.1) is 0 Å². The van der Waals surface area contributed by atoms with Gasteiger partial charge in [-0.05, 0) is 32.1 Å². The van der Waals surface area contributed by atoms with Crippen molar-refractivity contribution in [2.75, 3.05) is 6.54 Å². The highest BCUT2D eigenvalue weighted by atomic mass is 16.6. The number of hydroxylamine groups is 1. The van der Waals surface area contributed by atoms with Crippen molar-refractivity contribution in [1.82, 2.24) is 10.2 Å². The zero-order valence-corrected chi connectivity index (χ0v) is 14.5. The molecular weight excluding hydrogens is 296 g/mol. The van der Waals surface area contributed by atoms with Crippen molar-refractivity contribution in [3.63, 3.8) is 0 Å². The number of nitrogens with zero attached hydrogens (tertiary/aromatic N) is 2. The van der Waals surface area contributed by atoms with E-state index in [0.29, 0.717) is 13.0 Å². The van der Waals surface area contributed by atoms with E-state index in [1.54, 1.807) is 11.9 Å². The van der Waals surface area contributed by atoms with Crippen LogP contribution in [0.15, 0.2) is 0 Å². The summed E-state index contributed by atoms with van der Waals surface area (Å²) in [6.45, 7) is 2.24. The molecule has 1 atom stereocenters. The molecule has 1 unspecified atom stereocenters. The Bertz CT molecular complexity index is 359. The standard InChI is InChI=1S/C17H34N2O4/c1-2-17(21,22)16(20)13-9-6-10-14-18(19(16)23)15-11-7-4-3-5-8-12-15/h15,20-23H,2-14H2,1H3. The lowest BCUT2D eigenvalue weighted by Crippen LogP contribution is -2.69. The fourth-order valence-electron chi connectivity index (χ4n) is 3.94. The SMILES string of the molecule is CCC(O)(O)C1(O)CCCCCN(C2CCCCCCC2)N1O. The van der Waals surface area contributed by atoms with Gasteiger partial charge < -0.3 is 15.3 Å². The maximum absolute atomic E-state index is 10.9. The van der Waals surface area contributed by atoms with Gasteiger partial charge in [-0.25, -0.2) is 5.01 Å². The summed E-state index contributed by atoms with van der Waals surface area (Å²) in [5.74, 6) is -2.33. The highest BCUT2D eigenvalue weighted by Gasteiger charge is 2.54. The third kappa shape index (κ3) is 4.24. The molecule has 0 aromatic heterocycles. The van der Waals surface area contributed by atoms with Gasteiger partial charge in [0.15, 0.2) is 0 Å². The Hall–Kier alpha value is -0.240. The molecule has 4 N–H and O–H groups in total. The van der Waals surface area contributed by atoms with Gasteiger partial charge in [-0.15, -0.1) is 0 Å². The highest BCUT2D eigenvalue weighted by molar-refractivity contribution is 4.90. The molecule has 1 aliphatic carbocycles. The quantitative estimate of drug-likeness (QED) is 0.594. The second-order valence-electron chi connectivity index (χ2n) is 7.25. The van der Waals surface area contributed by atoms with Crippen LogP contribution in [-0.4, -0.2) is 54.8 Å². The summed E-state index contributed by atoms with van der Waals surface area (Å²) in [5, 5.41) is 44.8. The van der Waals surface area contributed by atoms with Crippen LogP contribution in [0.1, 0.15) is 84.0 Å². The van der Waals surface area contributed by atoms with Gasteiger partial charge in [0.2, 0.25) is 11.5 Å². The van der Waals surface area contributed by atoms with Gasteiger partial charge in [0, 0.05) is 19.0 Å². The van der Waals surface area contributed by atoms with Crippen LogP contribution in [0.4, 0.5) is 0 Å². The first kappa shape index (κ1) is 19.1. The van der Waals surface area contributed by atoms with Gasteiger partial charge in [0.25, 0.3) is 0 Å². The van der Waals surface area contributed by atoms with Crippen molar-refractivity contribution >= 4 is 0 Å². The Morgan fingerprint density at radius 2 is 1.52 bits per heavy atom. The first-order valence-electron chi connectivity index (χ1n) is 9.35. The Morgan fingerprint density at radius 1 is 0.957 bits per heavy atom. The summed E-state index contributed by atoms with van der Waals surface area (Å²) in [6, 6.07) is 0.151. The van der Waals surface area contributed by atoms with Gasteiger partial charge in [-0.1, -0.05) is 50.6 Å². The van der Waals surface area contributed by atoms with E-state index in [1.807, 2.05) is 0 Å². The van der Waals surface area contributed by atoms with Crippen molar-refractivity contribution in [2.45, 2.75) is 102 Å². The van der Waals surface area contributed by atoms with E-state index in [9.17, 15) is 20.5 Å². The fraction of sp³-hybridized carbons (Fsp3) is 1.00. The molecule has 0 radical (unpaired) electrons. The number of hydrogen-bond acceptors (Lipinski definition) is 6. The lowest BCUT2D eigenvalue weighted by Gasteiger charge is -2.50. The second-order valence-corrected chi connectivity index (χ2v) is 7.25. The van der Waals surface area contributed by atoms with Crippen LogP contribution in [0.3, 0.4) is 0 Å². The van der Waals surface area contributed by atoms with Crippen molar-refractivity contribution in [2.24, 2.45) is 0 Å². The van der Waals surface area contributed by atoms with Gasteiger partial charge in [-0.3, -0.25) is 5.21 Å². The second kappa shape index (κ2) is 8.23. The van der Waals surface area contributed by atoms with Crippen molar-refractivity contribution in [1.29, 1.82) is 0 Å². The van der Waals surface area contributed by atoms with Crippen LogP contribution in [0.25, 0.3) is 0 Å². The van der Waals surface area contributed by atoms with E-state index in [4.69, 9.17) is 0 Å². The van der Waals surface area contributed by atoms with E-state index in [2.05, 4.69) is 0 Å². The maximum Gasteiger partial charge on any atom is 0.210 e. The van der Waals surface area contributed by atoms with E-state index in [0.717, 1.165) is 43.7 Å². The summed E-state index contributed by atoms with van der Waals surface area (Å²) < 4.78 is 0. The van der Waals surface area contributed by atoms with Crippen molar-refractivity contribution in [3.8, 4) is 0 Å². The van der Waals surface area contributed by atoms with E-state index >= 15 is 0 Å². The smallest absolute Gasteiger partial charge is 0.210 e. The van der Waals surface area contributed by atoms with Crippen LogP contribution in [-0.2, 0) is 0 Å². The molecule has 2 rings (SSSR count). The van der Waals surface area contributed by atoms with Crippen LogP contribution < -0.4 is 0 Å². The lowest BCUT2D eigenvalue weighted by atomic mass is 9.91. The number of rotatable bonds is 3. The minimum Gasteiger partial charge on any atom is -0.368 e. The first-order chi connectivity index (χ1) is 10.9. The Labute approximate surface area is 139 Å². The van der Waals surface area contributed by atoms with Crippen LogP contribution in [0.5, 0.6) is 0 Å². The minimum atomic E-state index is -2.33. The lowest BCUT2D eigenvalue weighted by molar-refractivity contribution is -0.449. The molecule has 0 aromatic carbocycles. The monoisotopic (exact) mass is 330 g/mol. The molecule has 2 aliphatic rings. The summed E-state index contributed by atoms with van der Waals surface area (Å²) in [5.41, 5.74) is -2.05. The molecule has 0 amide bonds. The van der Waals surface area contributed by atoms with E-state index in [-0.39, 0.29) is 18.9 Å². The molecule has 0 bridgehead atoms. The Morgan fingerprint density at radius 3 is 2.13 bits per heavy atom. The first-order valence-corrected chi connectivity index (χ1v) is 9.35. The third-order valence-electron chi connectivity index (χ3n) is 5.62. The van der Waals surface area contributed by atoms with Gasteiger partial charge in [-0.2, -0.15) is 0 Å². The number of aliphatic hydroxyl groups is 3. The van der Waals surface area contributed by atoms with Crippen LogP contribution in [0.2, 0.25) is 0 Å². The Kier molecular flexibility index (Phi) is 6.83.